The van der Waals surface area contributed by atoms with Crippen molar-refractivity contribution >= 4 is 16.8 Å². The number of carbonyl (C=O) groups is 1. The van der Waals surface area contributed by atoms with Gasteiger partial charge < -0.3 is 9.15 Å². The molecule has 1 atom stereocenters. The second kappa shape index (κ2) is 6.55. The molecule has 0 radical (unpaired) electrons. The molecule has 3 rings (SSSR count). The van der Waals surface area contributed by atoms with Crippen LogP contribution in [0, 0.1) is 20.8 Å². The monoisotopic (exact) mass is 336 g/mol. The van der Waals surface area contributed by atoms with Crippen LogP contribution in [0.1, 0.15) is 34.0 Å². The third kappa shape index (κ3) is 3.20. The Morgan fingerprint density at radius 1 is 1.04 bits per heavy atom. The molecule has 128 valence electrons. The Morgan fingerprint density at radius 3 is 2.40 bits per heavy atom. The number of hydrogen-bond acceptors (Lipinski definition) is 4. The molecule has 3 aromatic rings. The average Bonchev–Trinajstić information content (AvgIpc) is 2.59. The zero-order valence-corrected chi connectivity index (χ0v) is 14.8. The smallest absolute Gasteiger partial charge is 0.339 e. The van der Waals surface area contributed by atoms with Gasteiger partial charge in [-0.25, -0.2) is 4.79 Å². The molecule has 0 saturated carbocycles. The van der Waals surface area contributed by atoms with Gasteiger partial charge >= 0.3 is 5.63 Å². The SMILES string of the molecule is Cc1cc(OC(C)C(=O)c2ccccc2)c2c(C)c(C)c(=O)oc2c1. The van der Waals surface area contributed by atoms with Crippen molar-refractivity contribution in [1.82, 2.24) is 0 Å². The largest absolute Gasteiger partial charge is 0.482 e. The fraction of sp³-hybridized carbons (Fsp3) is 0.238. The van der Waals surface area contributed by atoms with Crippen molar-refractivity contribution in [1.29, 1.82) is 0 Å². The van der Waals surface area contributed by atoms with E-state index in [2.05, 4.69) is 0 Å². The maximum atomic E-state index is 12.6. The van der Waals surface area contributed by atoms with Crippen LogP contribution in [0.25, 0.3) is 11.0 Å². The van der Waals surface area contributed by atoms with Crippen molar-refractivity contribution in [2.45, 2.75) is 33.8 Å². The Kier molecular flexibility index (Phi) is 4.45. The number of carbonyl (C=O) groups excluding carboxylic acids is 1. The summed E-state index contributed by atoms with van der Waals surface area (Å²) in [6.45, 7) is 7.21. The lowest BCUT2D eigenvalue weighted by atomic mass is 10.0. The van der Waals surface area contributed by atoms with E-state index in [1.54, 1.807) is 32.0 Å². The lowest BCUT2D eigenvalue weighted by molar-refractivity contribution is 0.0820. The molecule has 0 fully saturated rings. The average molecular weight is 336 g/mol. The number of ether oxygens (including phenoxy) is 1. The molecule has 4 heteroatoms. The first-order chi connectivity index (χ1) is 11.9. The molecule has 2 aromatic carbocycles. The number of aryl methyl sites for hydroxylation is 2. The molecule has 0 spiro atoms. The van der Waals surface area contributed by atoms with Gasteiger partial charge in [-0.15, -0.1) is 0 Å². The predicted octanol–water partition coefficient (Wildman–Crippen LogP) is 4.37. The Hall–Kier alpha value is -2.88. The highest BCUT2D eigenvalue weighted by Crippen LogP contribution is 2.31. The summed E-state index contributed by atoms with van der Waals surface area (Å²) < 4.78 is 11.4. The summed E-state index contributed by atoms with van der Waals surface area (Å²) in [5.74, 6) is 0.457. The summed E-state index contributed by atoms with van der Waals surface area (Å²) in [4.78, 5) is 24.5. The van der Waals surface area contributed by atoms with E-state index in [9.17, 15) is 9.59 Å². The minimum atomic E-state index is -0.654. The first-order valence-electron chi connectivity index (χ1n) is 8.19. The van der Waals surface area contributed by atoms with Crippen LogP contribution in [0.15, 0.2) is 51.7 Å². The highest BCUT2D eigenvalue weighted by molar-refractivity contribution is 5.99. The van der Waals surface area contributed by atoms with E-state index in [0.717, 1.165) is 16.5 Å². The third-order valence-electron chi connectivity index (χ3n) is 4.39. The maximum Gasteiger partial charge on any atom is 0.339 e. The van der Waals surface area contributed by atoms with Crippen LogP contribution in [0.2, 0.25) is 0 Å². The highest BCUT2D eigenvalue weighted by atomic mass is 16.5. The maximum absolute atomic E-state index is 12.6. The Morgan fingerprint density at radius 2 is 1.72 bits per heavy atom. The summed E-state index contributed by atoms with van der Waals surface area (Å²) in [6, 6.07) is 12.7. The summed E-state index contributed by atoms with van der Waals surface area (Å²) >= 11 is 0. The number of Topliss-reactive ketones (excluding diaryl/α,β-unsaturated/α-hetero) is 1. The van der Waals surface area contributed by atoms with Gasteiger partial charge in [0.1, 0.15) is 11.3 Å². The molecule has 0 aliphatic carbocycles. The third-order valence-corrected chi connectivity index (χ3v) is 4.39. The first kappa shape index (κ1) is 17.0. The van der Waals surface area contributed by atoms with Crippen molar-refractivity contribution in [2.75, 3.05) is 0 Å². The predicted molar refractivity (Wildman–Crippen MR) is 97.6 cm³/mol. The van der Waals surface area contributed by atoms with Gasteiger partial charge in [-0.2, -0.15) is 0 Å². The number of rotatable bonds is 4. The van der Waals surface area contributed by atoms with Crippen LogP contribution in [0.4, 0.5) is 0 Å². The minimum absolute atomic E-state index is 0.0954. The van der Waals surface area contributed by atoms with Crippen LogP contribution < -0.4 is 10.4 Å². The molecular formula is C21H20O4. The van der Waals surface area contributed by atoms with E-state index < -0.39 is 6.10 Å². The number of benzene rings is 2. The van der Waals surface area contributed by atoms with Crippen LogP contribution >= 0.6 is 0 Å². The van der Waals surface area contributed by atoms with Crippen molar-refractivity contribution in [3.8, 4) is 5.75 Å². The van der Waals surface area contributed by atoms with Crippen molar-refractivity contribution in [2.24, 2.45) is 0 Å². The molecule has 0 amide bonds. The lowest BCUT2D eigenvalue weighted by Gasteiger charge is -2.17. The van der Waals surface area contributed by atoms with E-state index in [0.29, 0.717) is 22.5 Å². The summed E-state index contributed by atoms with van der Waals surface area (Å²) in [5.41, 5.74) is 2.97. The molecular weight excluding hydrogens is 316 g/mol. The van der Waals surface area contributed by atoms with Crippen LogP contribution in [0.3, 0.4) is 0 Å². The van der Waals surface area contributed by atoms with Gasteiger partial charge in [-0.05, 0) is 51.0 Å². The van der Waals surface area contributed by atoms with Crippen LogP contribution in [0.5, 0.6) is 5.75 Å². The number of hydrogen-bond donors (Lipinski definition) is 0. The zero-order chi connectivity index (χ0) is 18.1. The summed E-state index contributed by atoms with van der Waals surface area (Å²) in [5, 5.41) is 0.732. The van der Waals surface area contributed by atoms with Crippen molar-refractivity contribution in [3.05, 3.63) is 75.1 Å². The van der Waals surface area contributed by atoms with Gasteiger partial charge in [0.05, 0.1) is 5.39 Å². The molecule has 25 heavy (non-hydrogen) atoms. The molecule has 1 unspecified atom stereocenters. The molecule has 0 aliphatic rings. The zero-order valence-electron chi connectivity index (χ0n) is 14.8. The molecule has 4 nitrogen and oxygen atoms in total. The topological polar surface area (TPSA) is 56.5 Å². The second-order valence-electron chi connectivity index (χ2n) is 6.27. The molecule has 0 aliphatic heterocycles. The molecule has 0 N–H and O–H groups in total. The number of ketones is 1. The standard InChI is InChI=1S/C21H20O4/c1-12-10-17(19-13(2)14(3)21(23)25-18(19)11-12)24-15(4)20(22)16-8-6-5-7-9-16/h5-11,15H,1-4H3. The molecule has 0 bridgehead atoms. The van der Waals surface area contributed by atoms with E-state index in [1.807, 2.05) is 38.1 Å². The first-order valence-corrected chi connectivity index (χ1v) is 8.19. The lowest BCUT2D eigenvalue weighted by Crippen LogP contribution is -2.24. The van der Waals surface area contributed by atoms with Gasteiger partial charge in [0.15, 0.2) is 6.10 Å². The van der Waals surface area contributed by atoms with Gasteiger partial charge in [-0.1, -0.05) is 30.3 Å². The van der Waals surface area contributed by atoms with Crippen LogP contribution in [-0.2, 0) is 0 Å². The van der Waals surface area contributed by atoms with E-state index in [1.165, 1.54) is 0 Å². The fourth-order valence-electron chi connectivity index (χ4n) is 2.86. The van der Waals surface area contributed by atoms with E-state index in [4.69, 9.17) is 9.15 Å². The van der Waals surface area contributed by atoms with Gasteiger partial charge in [0, 0.05) is 11.1 Å². The Balaban J connectivity index is 2.05. The van der Waals surface area contributed by atoms with E-state index in [-0.39, 0.29) is 11.4 Å². The summed E-state index contributed by atoms with van der Waals surface area (Å²) in [6.07, 6.45) is -0.654. The number of fused-ring (bicyclic) bond motifs is 1. The molecule has 0 saturated heterocycles. The highest BCUT2D eigenvalue weighted by Gasteiger charge is 2.20. The van der Waals surface area contributed by atoms with Crippen LogP contribution in [-0.4, -0.2) is 11.9 Å². The Bertz CT molecular complexity index is 1000. The second-order valence-corrected chi connectivity index (χ2v) is 6.27. The molecule has 1 heterocycles. The normalized spacial score (nSPS) is 12.2. The van der Waals surface area contributed by atoms with Gasteiger partial charge in [0.25, 0.3) is 0 Å². The van der Waals surface area contributed by atoms with Gasteiger partial charge in [0.2, 0.25) is 5.78 Å². The van der Waals surface area contributed by atoms with E-state index >= 15 is 0 Å². The van der Waals surface area contributed by atoms with Crippen molar-refractivity contribution in [3.63, 3.8) is 0 Å². The molecule has 1 aromatic heterocycles. The summed E-state index contributed by atoms with van der Waals surface area (Å²) in [7, 11) is 0. The van der Waals surface area contributed by atoms with Gasteiger partial charge in [-0.3, -0.25) is 4.79 Å². The Labute approximate surface area is 146 Å². The van der Waals surface area contributed by atoms with Crippen molar-refractivity contribution < 1.29 is 13.9 Å². The quantitative estimate of drug-likeness (QED) is 0.524. The fourth-order valence-corrected chi connectivity index (χ4v) is 2.86. The minimum Gasteiger partial charge on any atom is -0.482 e.